The van der Waals surface area contributed by atoms with Crippen LogP contribution in [-0.4, -0.2) is 27.5 Å². The molecule has 0 radical (unpaired) electrons. The van der Waals surface area contributed by atoms with Gasteiger partial charge in [0, 0.05) is 29.5 Å². The lowest BCUT2D eigenvalue weighted by Gasteiger charge is -2.23. The molecule has 3 nitrogen and oxygen atoms in total. The Morgan fingerprint density at radius 2 is 2.30 bits per heavy atom. The SMILES string of the molecule is Cc1cc(CC[C@@H]2CCCN2Cc2nccs2)ccn1. The Kier molecular flexibility index (Phi) is 4.43. The molecule has 3 heterocycles. The van der Waals surface area contributed by atoms with Crippen molar-refractivity contribution in [3.8, 4) is 0 Å². The maximum absolute atomic E-state index is 4.41. The quantitative estimate of drug-likeness (QED) is 0.843. The van der Waals surface area contributed by atoms with Crippen molar-refractivity contribution < 1.29 is 0 Å². The molecule has 0 N–H and O–H groups in total. The number of thiazole rings is 1. The van der Waals surface area contributed by atoms with Gasteiger partial charge in [-0.2, -0.15) is 0 Å². The molecule has 0 aromatic carbocycles. The van der Waals surface area contributed by atoms with Crippen molar-refractivity contribution in [2.45, 2.75) is 45.2 Å². The Morgan fingerprint density at radius 1 is 1.35 bits per heavy atom. The third-order valence-electron chi connectivity index (χ3n) is 4.05. The van der Waals surface area contributed by atoms with Crippen molar-refractivity contribution in [1.82, 2.24) is 14.9 Å². The van der Waals surface area contributed by atoms with E-state index in [1.54, 1.807) is 11.3 Å². The molecule has 0 unspecified atom stereocenters. The molecule has 1 aliphatic heterocycles. The molecular weight excluding hydrogens is 266 g/mol. The van der Waals surface area contributed by atoms with E-state index in [-0.39, 0.29) is 0 Å². The second kappa shape index (κ2) is 6.46. The van der Waals surface area contributed by atoms with Crippen LogP contribution in [0.15, 0.2) is 29.9 Å². The molecule has 0 saturated carbocycles. The van der Waals surface area contributed by atoms with Crippen molar-refractivity contribution in [2.75, 3.05) is 6.54 Å². The summed E-state index contributed by atoms with van der Waals surface area (Å²) in [5.74, 6) is 0. The summed E-state index contributed by atoms with van der Waals surface area (Å²) in [6.45, 7) is 4.31. The van der Waals surface area contributed by atoms with Crippen LogP contribution in [0.5, 0.6) is 0 Å². The molecule has 106 valence electrons. The monoisotopic (exact) mass is 287 g/mol. The lowest BCUT2D eigenvalue weighted by atomic mass is 10.0. The second-order valence-electron chi connectivity index (χ2n) is 5.54. The largest absolute Gasteiger partial charge is 0.294 e. The normalized spacial score (nSPS) is 19.6. The van der Waals surface area contributed by atoms with E-state index in [4.69, 9.17) is 0 Å². The first-order chi connectivity index (χ1) is 9.81. The molecular formula is C16H21N3S. The molecule has 1 atom stereocenters. The maximum atomic E-state index is 4.41. The zero-order chi connectivity index (χ0) is 13.8. The zero-order valence-electron chi connectivity index (χ0n) is 12.0. The Bertz CT molecular complexity index is 538. The second-order valence-corrected chi connectivity index (χ2v) is 6.52. The van der Waals surface area contributed by atoms with Crippen LogP contribution in [0.2, 0.25) is 0 Å². The predicted octanol–water partition coefficient (Wildman–Crippen LogP) is 3.44. The number of nitrogens with zero attached hydrogens (tertiary/aromatic N) is 3. The summed E-state index contributed by atoms with van der Waals surface area (Å²) >= 11 is 1.77. The molecule has 2 aromatic rings. The minimum atomic E-state index is 0.715. The van der Waals surface area contributed by atoms with E-state index in [1.807, 2.05) is 12.4 Å². The van der Waals surface area contributed by atoms with Gasteiger partial charge in [-0.3, -0.25) is 9.88 Å². The van der Waals surface area contributed by atoms with Gasteiger partial charge in [0.05, 0.1) is 6.54 Å². The average molecular weight is 287 g/mol. The number of aryl methyl sites for hydroxylation is 2. The van der Waals surface area contributed by atoms with Gasteiger partial charge in [-0.05, 0) is 56.8 Å². The van der Waals surface area contributed by atoms with Gasteiger partial charge in [-0.25, -0.2) is 4.98 Å². The minimum Gasteiger partial charge on any atom is -0.294 e. The average Bonchev–Trinajstić information content (AvgIpc) is 3.09. The smallest absolute Gasteiger partial charge is 0.107 e. The number of hydrogen-bond donors (Lipinski definition) is 0. The van der Waals surface area contributed by atoms with Crippen LogP contribution in [0.4, 0.5) is 0 Å². The number of hydrogen-bond acceptors (Lipinski definition) is 4. The molecule has 0 amide bonds. The molecule has 20 heavy (non-hydrogen) atoms. The van der Waals surface area contributed by atoms with E-state index in [0.717, 1.165) is 18.7 Å². The van der Waals surface area contributed by atoms with Gasteiger partial charge in [0.15, 0.2) is 0 Å². The van der Waals surface area contributed by atoms with E-state index in [0.29, 0.717) is 6.04 Å². The van der Waals surface area contributed by atoms with E-state index >= 15 is 0 Å². The first kappa shape index (κ1) is 13.7. The molecule has 1 fully saturated rings. The fourth-order valence-electron chi connectivity index (χ4n) is 3.03. The van der Waals surface area contributed by atoms with Gasteiger partial charge < -0.3 is 0 Å². The van der Waals surface area contributed by atoms with Crippen LogP contribution >= 0.6 is 11.3 Å². The molecule has 3 rings (SSSR count). The highest BCUT2D eigenvalue weighted by atomic mass is 32.1. The Hall–Kier alpha value is -1.26. The summed E-state index contributed by atoms with van der Waals surface area (Å²) < 4.78 is 0. The molecule has 2 aromatic heterocycles. The predicted molar refractivity (Wildman–Crippen MR) is 82.8 cm³/mol. The van der Waals surface area contributed by atoms with Crippen molar-refractivity contribution in [3.63, 3.8) is 0 Å². The van der Waals surface area contributed by atoms with Crippen molar-refractivity contribution in [3.05, 3.63) is 46.2 Å². The molecule has 0 spiro atoms. The van der Waals surface area contributed by atoms with E-state index in [2.05, 4.69) is 39.3 Å². The van der Waals surface area contributed by atoms with Crippen molar-refractivity contribution >= 4 is 11.3 Å². The summed E-state index contributed by atoms with van der Waals surface area (Å²) in [4.78, 5) is 11.3. The van der Waals surface area contributed by atoms with Gasteiger partial charge >= 0.3 is 0 Å². The lowest BCUT2D eigenvalue weighted by Crippen LogP contribution is -2.29. The van der Waals surface area contributed by atoms with Crippen LogP contribution in [0.3, 0.4) is 0 Å². The molecule has 4 heteroatoms. The van der Waals surface area contributed by atoms with Gasteiger partial charge in [-0.1, -0.05) is 0 Å². The van der Waals surface area contributed by atoms with Crippen LogP contribution in [0, 0.1) is 6.92 Å². The van der Waals surface area contributed by atoms with Crippen LogP contribution in [-0.2, 0) is 13.0 Å². The van der Waals surface area contributed by atoms with E-state index in [1.165, 1.54) is 36.4 Å². The standard InChI is InChI=1S/C16H21N3S/c1-13-11-14(6-7-17-13)4-5-15-3-2-9-19(15)12-16-18-8-10-20-16/h6-8,10-11,15H,2-5,9,12H2,1H3/t15-/m0/s1. The highest BCUT2D eigenvalue weighted by molar-refractivity contribution is 7.09. The summed E-state index contributed by atoms with van der Waals surface area (Å²) in [6.07, 6.45) is 8.88. The summed E-state index contributed by atoms with van der Waals surface area (Å²) in [5, 5.41) is 3.32. The minimum absolute atomic E-state index is 0.715. The molecule has 0 aliphatic carbocycles. The Balaban J connectivity index is 1.56. The molecule has 1 aliphatic rings. The summed E-state index contributed by atoms with van der Waals surface area (Å²) in [5.41, 5.74) is 2.53. The van der Waals surface area contributed by atoms with Gasteiger partial charge in [0.25, 0.3) is 0 Å². The van der Waals surface area contributed by atoms with Crippen LogP contribution < -0.4 is 0 Å². The number of aromatic nitrogens is 2. The summed E-state index contributed by atoms with van der Waals surface area (Å²) in [6, 6.07) is 5.07. The highest BCUT2D eigenvalue weighted by Gasteiger charge is 2.24. The first-order valence-corrected chi connectivity index (χ1v) is 8.23. The highest BCUT2D eigenvalue weighted by Crippen LogP contribution is 2.24. The van der Waals surface area contributed by atoms with Gasteiger partial charge in [0.2, 0.25) is 0 Å². The van der Waals surface area contributed by atoms with Gasteiger partial charge in [-0.15, -0.1) is 11.3 Å². The number of likely N-dealkylation sites (tertiary alicyclic amines) is 1. The maximum Gasteiger partial charge on any atom is 0.107 e. The van der Waals surface area contributed by atoms with Crippen molar-refractivity contribution in [2.24, 2.45) is 0 Å². The van der Waals surface area contributed by atoms with Crippen LogP contribution in [0.25, 0.3) is 0 Å². The van der Waals surface area contributed by atoms with Crippen LogP contribution in [0.1, 0.15) is 35.5 Å². The Morgan fingerprint density at radius 3 is 3.10 bits per heavy atom. The topological polar surface area (TPSA) is 29.0 Å². The first-order valence-electron chi connectivity index (χ1n) is 7.35. The van der Waals surface area contributed by atoms with Gasteiger partial charge in [0.1, 0.15) is 5.01 Å². The van der Waals surface area contributed by atoms with Crippen molar-refractivity contribution in [1.29, 1.82) is 0 Å². The molecule has 0 bridgehead atoms. The fraction of sp³-hybridized carbons (Fsp3) is 0.500. The number of rotatable bonds is 5. The zero-order valence-corrected chi connectivity index (χ0v) is 12.8. The Labute approximate surface area is 124 Å². The van der Waals surface area contributed by atoms with E-state index in [9.17, 15) is 0 Å². The fourth-order valence-corrected chi connectivity index (χ4v) is 3.67. The number of pyridine rings is 1. The third-order valence-corrected chi connectivity index (χ3v) is 4.81. The molecule has 1 saturated heterocycles. The van der Waals surface area contributed by atoms with E-state index < -0.39 is 0 Å². The summed E-state index contributed by atoms with van der Waals surface area (Å²) in [7, 11) is 0. The third kappa shape index (κ3) is 3.44. The lowest BCUT2D eigenvalue weighted by molar-refractivity contribution is 0.234.